The topological polar surface area (TPSA) is 237 Å². The summed E-state index contributed by atoms with van der Waals surface area (Å²) in [7, 11) is -9.95. The Morgan fingerprint density at radius 3 is 0.896 bits per heavy atom. The summed E-state index contributed by atoms with van der Waals surface area (Å²) in [6.07, 6.45) is 70.2. The van der Waals surface area contributed by atoms with Crippen LogP contribution < -0.4 is 0 Å². The lowest BCUT2D eigenvalue weighted by molar-refractivity contribution is -0.161. The van der Waals surface area contributed by atoms with Crippen molar-refractivity contribution in [3.05, 3.63) is 85.1 Å². The summed E-state index contributed by atoms with van der Waals surface area (Å²) in [5.41, 5.74) is 0. The average Bonchev–Trinajstić information content (AvgIpc) is 2.18. The number of hydrogen-bond donors (Lipinski definition) is 3. The minimum absolute atomic E-state index is 0.0741. The van der Waals surface area contributed by atoms with Crippen molar-refractivity contribution in [1.29, 1.82) is 0 Å². The van der Waals surface area contributed by atoms with Crippen molar-refractivity contribution < 1.29 is 80.2 Å². The largest absolute Gasteiger partial charge is 0.472 e. The van der Waals surface area contributed by atoms with Crippen LogP contribution in [-0.2, 0) is 65.4 Å². The zero-order chi connectivity index (χ0) is 70.4. The number of phosphoric ester groups is 2. The van der Waals surface area contributed by atoms with Gasteiger partial charge >= 0.3 is 39.5 Å². The fourth-order valence-electron chi connectivity index (χ4n) is 10.1. The summed E-state index contributed by atoms with van der Waals surface area (Å²) < 4.78 is 68.3. The van der Waals surface area contributed by atoms with E-state index >= 15 is 0 Å². The zero-order valence-electron chi connectivity index (χ0n) is 60.5. The Bertz CT molecular complexity index is 2160. The maximum Gasteiger partial charge on any atom is 0.472 e. The van der Waals surface area contributed by atoms with Crippen LogP contribution in [0.1, 0.15) is 323 Å². The van der Waals surface area contributed by atoms with E-state index < -0.39 is 97.5 Å². The summed E-state index contributed by atoms with van der Waals surface area (Å²) in [6, 6.07) is 0. The number of phosphoric acid groups is 2. The van der Waals surface area contributed by atoms with Crippen LogP contribution in [0.3, 0.4) is 0 Å². The highest BCUT2D eigenvalue weighted by Gasteiger charge is 2.30. The predicted octanol–water partition coefficient (Wildman–Crippen LogP) is 21.4. The minimum Gasteiger partial charge on any atom is -0.462 e. The van der Waals surface area contributed by atoms with Crippen molar-refractivity contribution in [3.8, 4) is 0 Å². The van der Waals surface area contributed by atoms with Crippen LogP contribution in [-0.4, -0.2) is 96.7 Å². The fraction of sp³-hybridized carbons (Fsp3) is 0.766. The third-order valence-corrected chi connectivity index (χ3v) is 17.7. The van der Waals surface area contributed by atoms with Crippen LogP contribution in [0, 0.1) is 0 Å². The third kappa shape index (κ3) is 68.8. The molecule has 0 saturated heterocycles. The molecular formula is C77H136O17P2. The molecule has 0 spiro atoms. The molecule has 5 unspecified atom stereocenters. The molecule has 556 valence electrons. The molecule has 0 bridgehead atoms. The number of aliphatic hydroxyl groups is 1. The van der Waals surface area contributed by atoms with E-state index in [-0.39, 0.29) is 25.7 Å². The summed E-state index contributed by atoms with van der Waals surface area (Å²) in [6.45, 7) is 4.67. The van der Waals surface area contributed by atoms with Gasteiger partial charge in [0, 0.05) is 25.7 Å². The van der Waals surface area contributed by atoms with Crippen LogP contribution in [0.5, 0.6) is 0 Å². The molecule has 0 aliphatic rings. The third-order valence-electron chi connectivity index (χ3n) is 15.8. The van der Waals surface area contributed by atoms with Gasteiger partial charge < -0.3 is 33.8 Å². The van der Waals surface area contributed by atoms with E-state index in [4.69, 9.17) is 37.0 Å². The summed E-state index contributed by atoms with van der Waals surface area (Å²) in [5, 5.41) is 10.6. The van der Waals surface area contributed by atoms with Gasteiger partial charge in [-0.15, -0.1) is 0 Å². The fourth-order valence-corrected chi connectivity index (χ4v) is 11.6. The van der Waals surface area contributed by atoms with Gasteiger partial charge in [-0.25, -0.2) is 9.13 Å². The first kappa shape index (κ1) is 92.2. The predicted molar refractivity (Wildman–Crippen MR) is 390 cm³/mol. The lowest BCUT2D eigenvalue weighted by Crippen LogP contribution is -2.30. The van der Waals surface area contributed by atoms with Crippen LogP contribution in [0.15, 0.2) is 85.1 Å². The highest BCUT2D eigenvalue weighted by molar-refractivity contribution is 7.47. The van der Waals surface area contributed by atoms with Crippen molar-refractivity contribution in [1.82, 2.24) is 0 Å². The Labute approximate surface area is 583 Å². The van der Waals surface area contributed by atoms with E-state index in [1.54, 1.807) is 0 Å². The van der Waals surface area contributed by atoms with E-state index in [0.717, 1.165) is 135 Å². The van der Waals surface area contributed by atoms with Gasteiger partial charge in [0.25, 0.3) is 0 Å². The first-order chi connectivity index (χ1) is 46.7. The number of unbranched alkanes of at least 4 members (excludes halogenated alkanes) is 31. The normalized spacial score (nSPS) is 14.4. The van der Waals surface area contributed by atoms with Crippen LogP contribution in [0.25, 0.3) is 0 Å². The van der Waals surface area contributed by atoms with Gasteiger partial charge in [0.15, 0.2) is 12.2 Å². The van der Waals surface area contributed by atoms with Gasteiger partial charge in [0.05, 0.1) is 26.4 Å². The smallest absolute Gasteiger partial charge is 0.462 e. The molecule has 3 N–H and O–H groups in total. The number of aliphatic hydroxyl groups excluding tert-OH is 1. The Morgan fingerprint density at radius 1 is 0.302 bits per heavy atom. The number of carbonyl (C=O) groups excluding carboxylic acids is 4. The van der Waals surface area contributed by atoms with Crippen LogP contribution in [0.2, 0.25) is 0 Å². The zero-order valence-corrected chi connectivity index (χ0v) is 62.3. The molecule has 0 aliphatic carbocycles. The lowest BCUT2D eigenvalue weighted by Gasteiger charge is -2.21. The summed E-state index contributed by atoms with van der Waals surface area (Å²) >= 11 is 0. The molecule has 0 rings (SSSR count). The number of esters is 4. The van der Waals surface area contributed by atoms with Gasteiger partial charge in [-0.3, -0.25) is 37.3 Å². The molecule has 19 heteroatoms. The van der Waals surface area contributed by atoms with Crippen molar-refractivity contribution in [2.45, 2.75) is 341 Å². The Balaban J connectivity index is 5.37. The first-order valence-corrected chi connectivity index (χ1v) is 40.8. The lowest BCUT2D eigenvalue weighted by atomic mass is 10.1. The molecule has 0 aromatic rings. The van der Waals surface area contributed by atoms with E-state index in [2.05, 4.69) is 101 Å². The van der Waals surface area contributed by atoms with Gasteiger partial charge in [0.1, 0.15) is 19.3 Å². The molecule has 0 heterocycles. The summed E-state index contributed by atoms with van der Waals surface area (Å²) in [4.78, 5) is 72.7. The second-order valence-electron chi connectivity index (χ2n) is 25.2. The highest BCUT2D eigenvalue weighted by Crippen LogP contribution is 2.45. The van der Waals surface area contributed by atoms with Crippen LogP contribution in [0.4, 0.5) is 0 Å². The standard InChI is InChI=1S/C77H136O17P2/c1-5-9-13-17-21-25-29-32-34-35-37-39-43-46-50-54-58-62-75(80)88-68-73(94-77(82)64-60-56-52-48-44-40-36-33-30-26-22-18-14-10-6-2)70-92-96(85,86)90-66-71(78)65-89-95(83,84)91-69-72(93-76(81)63-59-55-51-47-41-28-24-20-16-12-8-4)67-87-74(79)61-57-53-49-45-42-38-31-27-23-19-15-11-7-3/h9,13,21,25,27,31-34,36-37,39,46,50,71-73,78H,5-8,10-12,14-20,22-24,26,28-30,35,38,40-45,47-49,51-70H2,1-4H3,(H,83,84)(H,85,86)/b13-9-,25-21-,31-27-,34-32-,36-33-,39-37-,50-46-. The van der Waals surface area contributed by atoms with Crippen molar-refractivity contribution in [2.24, 2.45) is 0 Å². The Kier molecular flexibility index (Phi) is 67.0. The van der Waals surface area contributed by atoms with Gasteiger partial charge in [0.2, 0.25) is 0 Å². The number of allylic oxidation sites excluding steroid dienone is 14. The van der Waals surface area contributed by atoms with E-state index in [1.165, 1.54) is 103 Å². The maximum atomic E-state index is 13.1. The van der Waals surface area contributed by atoms with Gasteiger partial charge in [-0.1, -0.05) is 267 Å². The molecule has 17 nitrogen and oxygen atoms in total. The molecule has 0 amide bonds. The molecule has 0 fully saturated rings. The van der Waals surface area contributed by atoms with Crippen molar-refractivity contribution in [3.63, 3.8) is 0 Å². The number of hydrogen-bond acceptors (Lipinski definition) is 15. The molecule has 0 saturated carbocycles. The average molecular weight is 1400 g/mol. The van der Waals surface area contributed by atoms with Gasteiger partial charge in [-0.05, 0) is 116 Å². The Morgan fingerprint density at radius 2 is 0.552 bits per heavy atom. The molecule has 0 radical (unpaired) electrons. The highest BCUT2D eigenvalue weighted by atomic mass is 31.2. The first-order valence-electron chi connectivity index (χ1n) is 37.8. The van der Waals surface area contributed by atoms with Gasteiger partial charge in [-0.2, -0.15) is 0 Å². The van der Waals surface area contributed by atoms with E-state index in [1.807, 2.05) is 12.2 Å². The number of rotatable bonds is 71. The summed E-state index contributed by atoms with van der Waals surface area (Å²) in [5.74, 6) is -2.24. The number of ether oxygens (including phenoxy) is 4. The monoisotopic (exact) mass is 1390 g/mol. The maximum absolute atomic E-state index is 13.1. The molecule has 5 atom stereocenters. The van der Waals surface area contributed by atoms with E-state index in [9.17, 15) is 43.2 Å². The SMILES string of the molecule is CC/C=C\C/C=C\C/C=C\C/C=C\C/C=C\CCCC(=O)OCC(COP(=O)(O)OCC(O)COP(=O)(O)OCC(COC(=O)CCCCCCC/C=C\CCCCCC)OC(=O)CCCCCCCCCCCCC)OC(=O)CCCCCCC/C=C\CCCCCCCC. The molecular weight excluding hydrogens is 1260 g/mol. The Hall–Kier alpha value is -3.76. The molecule has 0 aromatic heterocycles. The van der Waals surface area contributed by atoms with Crippen molar-refractivity contribution in [2.75, 3.05) is 39.6 Å². The minimum atomic E-state index is -4.98. The molecule has 0 aromatic carbocycles. The quantitative estimate of drug-likeness (QED) is 0.0169. The molecule has 0 aliphatic heterocycles. The van der Waals surface area contributed by atoms with Crippen LogP contribution >= 0.6 is 15.6 Å². The van der Waals surface area contributed by atoms with Crippen molar-refractivity contribution >= 4 is 39.5 Å². The number of carbonyl (C=O) groups is 4. The molecule has 96 heavy (non-hydrogen) atoms. The second-order valence-corrected chi connectivity index (χ2v) is 28.1. The van der Waals surface area contributed by atoms with E-state index in [0.29, 0.717) is 32.1 Å². The second kappa shape index (κ2) is 69.7.